The van der Waals surface area contributed by atoms with E-state index in [0.717, 1.165) is 24.3 Å². The fraction of sp³-hybridized carbons (Fsp3) is 0.133. The summed E-state index contributed by atoms with van der Waals surface area (Å²) < 4.78 is 75.7. The number of rotatable bonds is 3. The van der Waals surface area contributed by atoms with Crippen LogP contribution in [0.1, 0.15) is 11.1 Å². The van der Waals surface area contributed by atoms with E-state index in [4.69, 9.17) is 12.2 Å². The van der Waals surface area contributed by atoms with Gasteiger partial charge in [0, 0.05) is 5.69 Å². The third kappa shape index (κ3) is 5.52. The zero-order chi connectivity index (χ0) is 18.7. The van der Waals surface area contributed by atoms with Gasteiger partial charge in [-0.15, -0.1) is 0 Å². The maximum atomic E-state index is 12.6. The van der Waals surface area contributed by atoms with E-state index in [1.165, 1.54) is 24.3 Å². The second kappa shape index (κ2) is 7.18. The number of thiocarbonyl (C=S) groups is 1. The van der Waals surface area contributed by atoms with Gasteiger partial charge in [0.05, 0.1) is 16.8 Å². The molecule has 0 spiro atoms. The molecule has 0 aromatic heterocycles. The van der Waals surface area contributed by atoms with Crippen LogP contribution in [-0.4, -0.2) is 5.11 Å². The Labute approximate surface area is 144 Å². The van der Waals surface area contributed by atoms with Crippen LogP contribution in [0.2, 0.25) is 0 Å². The van der Waals surface area contributed by atoms with Gasteiger partial charge in [-0.3, -0.25) is 10.9 Å². The first-order valence-electron chi connectivity index (χ1n) is 6.73. The molecule has 0 bridgehead atoms. The van der Waals surface area contributed by atoms with Gasteiger partial charge in [-0.05, 0) is 48.6 Å². The van der Waals surface area contributed by atoms with Gasteiger partial charge in [0.15, 0.2) is 5.11 Å². The number of benzene rings is 2. The predicted octanol–water partition coefficient (Wildman–Crippen LogP) is 5.04. The number of nitrogens with one attached hydrogen (secondary N) is 3. The topological polar surface area (TPSA) is 36.1 Å². The minimum Gasteiger partial charge on any atom is -0.331 e. The Kier molecular flexibility index (Phi) is 5.41. The molecule has 134 valence electrons. The lowest BCUT2D eigenvalue weighted by molar-refractivity contribution is -0.138. The molecule has 25 heavy (non-hydrogen) atoms. The molecule has 0 saturated heterocycles. The Hall–Kier alpha value is -2.49. The summed E-state index contributed by atoms with van der Waals surface area (Å²) in [7, 11) is 0. The lowest BCUT2D eigenvalue weighted by Gasteiger charge is -2.15. The van der Waals surface area contributed by atoms with E-state index < -0.39 is 23.5 Å². The zero-order valence-corrected chi connectivity index (χ0v) is 13.1. The monoisotopic (exact) mass is 379 g/mol. The molecular formula is C15H11F6N3S. The summed E-state index contributed by atoms with van der Waals surface area (Å²) in [5.41, 5.74) is 3.31. The van der Waals surface area contributed by atoms with Crippen LogP contribution in [0.4, 0.5) is 37.7 Å². The lowest BCUT2D eigenvalue weighted by Crippen LogP contribution is -2.33. The summed E-state index contributed by atoms with van der Waals surface area (Å²) in [5.74, 6) is 0. The molecule has 2 rings (SSSR count). The molecule has 0 aliphatic rings. The molecule has 0 heterocycles. The van der Waals surface area contributed by atoms with Crippen molar-refractivity contribution in [3.05, 3.63) is 59.7 Å². The maximum absolute atomic E-state index is 12.6. The molecular weight excluding hydrogens is 368 g/mol. The third-order valence-corrected chi connectivity index (χ3v) is 3.16. The Morgan fingerprint density at radius 3 is 1.76 bits per heavy atom. The molecule has 10 heteroatoms. The summed E-state index contributed by atoms with van der Waals surface area (Å²) in [6.45, 7) is 0. The molecule has 0 atom stereocenters. The highest BCUT2D eigenvalue weighted by atomic mass is 32.1. The van der Waals surface area contributed by atoms with Gasteiger partial charge in [-0.25, -0.2) is 0 Å². The van der Waals surface area contributed by atoms with Crippen LogP contribution >= 0.6 is 12.2 Å². The van der Waals surface area contributed by atoms with Crippen molar-refractivity contribution in [1.82, 2.24) is 5.43 Å². The van der Waals surface area contributed by atoms with E-state index in [9.17, 15) is 26.3 Å². The van der Waals surface area contributed by atoms with E-state index in [2.05, 4.69) is 16.2 Å². The first-order valence-corrected chi connectivity index (χ1v) is 7.14. The van der Waals surface area contributed by atoms with Crippen LogP contribution in [0.25, 0.3) is 0 Å². The van der Waals surface area contributed by atoms with E-state index in [0.29, 0.717) is 0 Å². The second-order valence-corrected chi connectivity index (χ2v) is 5.27. The second-order valence-electron chi connectivity index (χ2n) is 4.86. The van der Waals surface area contributed by atoms with Gasteiger partial charge < -0.3 is 5.32 Å². The molecule has 0 amide bonds. The Morgan fingerprint density at radius 2 is 1.24 bits per heavy atom. The van der Waals surface area contributed by atoms with E-state index in [-0.39, 0.29) is 16.5 Å². The zero-order valence-electron chi connectivity index (χ0n) is 12.3. The van der Waals surface area contributed by atoms with E-state index >= 15 is 0 Å². The standard InChI is InChI=1S/C15H11F6N3S/c16-14(17,18)9-3-1-5-11(7-9)22-13(25)24-23-12-6-2-4-10(8-12)15(19,20)21/h1-8,23H,(H2,22,24,25). The van der Waals surface area contributed by atoms with Crippen molar-refractivity contribution >= 4 is 28.7 Å². The molecule has 0 aliphatic heterocycles. The summed E-state index contributed by atoms with van der Waals surface area (Å²) in [6, 6.07) is 8.68. The molecule has 0 radical (unpaired) electrons. The first kappa shape index (κ1) is 18.8. The van der Waals surface area contributed by atoms with Crippen LogP contribution in [0.5, 0.6) is 0 Å². The normalized spacial score (nSPS) is 11.8. The molecule has 2 aromatic carbocycles. The maximum Gasteiger partial charge on any atom is 0.416 e. The summed E-state index contributed by atoms with van der Waals surface area (Å²) >= 11 is 4.89. The lowest BCUT2D eigenvalue weighted by atomic mass is 10.2. The quantitative estimate of drug-likeness (QED) is 0.397. The summed E-state index contributed by atoms with van der Waals surface area (Å²) in [6.07, 6.45) is -8.99. The largest absolute Gasteiger partial charge is 0.416 e. The SMILES string of the molecule is FC(F)(F)c1cccc(NNC(=S)Nc2cccc(C(F)(F)F)c2)c1. The van der Waals surface area contributed by atoms with E-state index in [1.54, 1.807) is 0 Å². The van der Waals surface area contributed by atoms with Gasteiger partial charge in [-0.1, -0.05) is 12.1 Å². The molecule has 0 aliphatic carbocycles. The molecule has 2 aromatic rings. The number of alkyl halides is 6. The number of halogens is 6. The highest BCUT2D eigenvalue weighted by molar-refractivity contribution is 7.80. The minimum absolute atomic E-state index is 0.0816. The van der Waals surface area contributed by atoms with Crippen LogP contribution in [0.15, 0.2) is 48.5 Å². The molecule has 3 nitrogen and oxygen atoms in total. The smallest absolute Gasteiger partial charge is 0.331 e. The molecule has 0 saturated carbocycles. The summed E-state index contributed by atoms with van der Waals surface area (Å²) in [4.78, 5) is 0. The van der Waals surface area contributed by atoms with Crippen LogP contribution < -0.4 is 16.2 Å². The third-order valence-electron chi connectivity index (χ3n) is 2.96. The first-order chi connectivity index (χ1) is 11.6. The molecule has 0 unspecified atom stereocenters. The van der Waals surface area contributed by atoms with Gasteiger partial charge in [0.1, 0.15) is 0 Å². The summed E-state index contributed by atoms with van der Waals surface area (Å²) in [5, 5.41) is 2.39. The number of anilines is 2. The minimum atomic E-state index is -4.50. The van der Waals surface area contributed by atoms with Crippen molar-refractivity contribution in [3.8, 4) is 0 Å². The highest BCUT2D eigenvalue weighted by Gasteiger charge is 2.31. The van der Waals surface area contributed by atoms with Crippen molar-refractivity contribution in [2.75, 3.05) is 10.7 Å². The van der Waals surface area contributed by atoms with Gasteiger partial charge >= 0.3 is 12.4 Å². The number of hydrogen-bond acceptors (Lipinski definition) is 2. The predicted molar refractivity (Wildman–Crippen MR) is 85.9 cm³/mol. The molecule has 3 N–H and O–H groups in total. The number of hydrogen-bond donors (Lipinski definition) is 3. The highest BCUT2D eigenvalue weighted by Crippen LogP contribution is 2.31. The number of hydrazine groups is 1. The fourth-order valence-corrected chi connectivity index (χ4v) is 2.01. The van der Waals surface area contributed by atoms with Gasteiger partial charge in [0.25, 0.3) is 0 Å². The fourth-order valence-electron chi connectivity index (χ4n) is 1.84. The van der Waals surface area contributed by atoms with Crippen LogP contribution in [0.3, 0.4) is 0 Å². The van der Waals surface area contributed by atoms with Gasteiger partial charge in [-0.2, -0.15) is 26.3 Å². The molecule has 0 fully saturated rings. The van der Waals surface area contributed by atoms with Crippen LogP contribution in [-0.2, 0) is 12.4 Å². The van der Waals surface area contributed by atoms with E-state index in [1.807, 2.05) is 0 Å². The van der Waals surface area contributed by atoms with Crippen molar-refractivity contribution < 1.29 is 26.3 Å². The average molecular weight is 379 g/mol. The van der Waals surface area contributed by atoms with Crippen molar-refractivity contribution in [3.63, 3.8) is 0 Å². The van der Waals surface area contributed by atoms with Crippen molar-refractivity contribution in [1.29, 1.82) is 0 Å². The van der Waals surface area contributed by atoms with Crippen molar-refractivity contribution in [2.45, 2.75) is 12.4 Å². The van der Waals surface area contributed by atoms with Gasteiger partial charge in [0.2, 0.25) is 0 Å². The average Bonchev–Trinajstić information content (AvgIpc) is 2.52. The Balaban J connectivity index is 1.98. The Morgan fingerprint density at radius 1 is 0.760 bits per heavy atom. The Bertz CT molecular complexity index is 757. The van der Waals surface area contributed by atoms with Crippen LogP contribution in [0, 0.1) is 0 Å². The van der Waals surface area contributed by atoms with Crippen molar-refractivity contribution in [2.24, 2.45) is 0 Å².